The molecule has 0 radical (unpaired) electrons. The highest BCUT2D eigenvalue weighted by atomic mass is 15.2. The van der Waals surface area contributed by atoms with Gasteiger partial charge in [-0.2, -0.15) is 0 Å². The normalized spacial score (nSPS) is 22.8. The van der Waals surface area contributed by atoms with Crippen LogP contribution in [0.3, 0.4) is 0 Å². The first-order valence-corrected chi connectivity index (χ1v) is 8.34. The van der Waals surface area contributed by atoms with E-state index in [1.807, 2.05) is 0 Å². The van der Waals surface area contributed by atoms with Crippen LogP contribution in [-0.2, 0) is 20.1 Å². The van der Waals surface area contributed by atoms with Crippen LogP contribution in [0.15, 0.2) is 48.7 Å². The third-order valence-electron chi connectivity index (χ3n) is 4.87. The van der Waals surface area contributed by atoms with Crippen LogP contribution in [0.1, 0.15) is 31.0 Å². The van der Waals surface area contributed by atoms with Crippen LogP contribution in [0.2, 0.25) is 0 Å². The van der Waals surface area contributed by atoms with Gasteiger partial charge in [-0.1, -0.05) is 30.3 Å². The van der Waals surface area contributed by atoms with Gasteiger partial charge in [-0.15, -0.1) is 0 Å². The van der Waals surface area contributed by atoms with Crippen molar-refractivity contribution < 1.29 is 0 Å². The molecule has 0 aliphatic carbocycles. The Morgan fingerprint density at radius 1 is 1.14 bits per heavy atom. The van der Waals surface area contributed by atoms with E-state index in [1.54, 1.807) is 0 Å². The third kappa shape index (κ3) is 3.79. The molecule has 0 amide bonds. The molecule has 0 spiro atoms. The maximum absolute atomic E-state index is 3.73. The van der Waals surface area contributed by atoms with Crippen LogP contribution in [-0.4, -0.2) is 28.1 Å². The van der Waals surface area contributed by atoms with Crippen LogP contribution in [0, 0.1) is 0 Å². The number of rotatable bonds is 5. The topological polar surface area (TPSA) is 20.2 Å². The summed E-state index contributed by atoms with van der Waals surface area (Å²) in [5, 5.41) is 3.73. The molecule has 1 saturated heterocycles. The molecule has 1 aliphatic rings. The number of likely N-dealkylation sites (tertiary alicyclic amines) is 1. The highest BCUT2D eigenvalue weighted by molar-refractivity contribution is 5.14. The number of hydrogen-bond acceptors (Lipinski definition) is 2. The standard InChI is InChI=1S/C19H27N3/c1-16-13-18(20-14-19-9-6-11-21(19)2)10-12-22(16)15-17-7-4-3-5-8-17/h3-9,11,16,18,20H,10,12-15H2,1-2H3/t16-,18-/m1/s1. The highest BCUT2D eigenvalue weighted by Gasteiger charge is 2.25. The smallest absolute Gasteiger partial charge is 0.0361 e. The van der Waals surface area contributed by atoms with Gasteiger partial charge in [0.15, 0.2) is 0 Å². The van der Waals surface area contributed by atoms with Crippen molar-refractivity contribution in [2.75, 3.05) is 6.54 Å². The van der Waals surface area contributed by atoms with Crippen molar-refractivity contribution in [1.82, 2.24) is 14.8 Å². The van der Waals surface area contributed by atoms with E-state index in [2.05, 4.69) is 77.4 Å². The Balaban J connectivity index is 1.48. The molecule has 1 aliphatic heterocycles. The Bertz CT molecular complexity index is 575. The van der Waals surface area contributed by atoms with Crippen molar-refractivity contribution in [3.05, 3.63) is 59.9 Å². The summed E-state index contributed by atoms with van der Waals surface area (Å²) in [6, 6.07) is 16.4. The second kappa shape index (κ2) is 7.12. The summed E-state index contributed by atoms with van der Waals surface area (Å²) in [5.74, 6) is 0. The van der Waals surface area contributed by atoms with Crippen LogP contribution in [0.5, 0.6) is 0 Å². The van der Waals surface area contributed by atoms with Crippen molar-refractivity contribution in [2.24, 2.45) is 7.05 Å². The highest BCUT2D eigenvalue weighted by Crippen LogP contribution is 2.20. The molecule has 2 atom stereocenters. The molecule has 0 unspecified atom stereocenters. The average Bonchev–Trinajstić information content (AvgIpc) is 2.94. The Kier molecular flexibility index (Phi) is 4.96. The van der Waals surface area contributed by atoms with Gasteiger partial charge in [0, 0.05) is 50.7 Å². The molecular weight excluding hydrogens is 270 g/mol. The van der Waals surface area contributed by atoms with Gasteiger partial charge in [0.2, 0.25) is 0 Å². The summed E-state index contributed by atoms with van der Waals surface area (Å²) in [5.41, 5.74) is 2.78. The minimum atomic E-state index is 0.636. The molecule has 1 aromatic carbocycles. The zero-order valence-electron chi connectivity index (χ0n) is 13.7. The van der Waals surface area contributed by atoms with Crippen molar-refractivity contribution in [1.29, 1.82) is 0 Å². The number of aryl methyl sites for hydroxylation is 1. The minimum absolute atomic E-state index is 0.636. The van der Waals surface area contributed by atoms with Crippen molar-refractivity contribution >= 4 is 0 Å². The molecule has 2 heterocycles. The molecule has 1 N–H and O–H groups in total. The van der Waals surface area contributed by atoms with E-state index in [9.17, 15) is 0 Å². The fraction of sp³-hybridized carbons (Fsp3) is 0.474. The summed E-state index contributed by atoms with van der Waals surface area (Å²) in [6.45, 7) is 5.59. The SMILES string of the molecule is C[C@@H]1C[C@H](NCc2cccn2C)CCN1Cc1ccccc1. The largest absolute Gasteiger partial charge is 0.353 e. The number of piperidine rings is 1. The number of benzene rings is 1. The Labute approximate surface area is 133 Å². The van der Waals surface area contributed by atoms with E-state index in [0.29, 0.717) is 12.1 Å². The quantitative estimate of drug-likeness (QED) is 0.915. The molecule has 22 heavy (non-hydrogen) atoms. The molecule has 1 fully saturated rings. The minimum Gasteiger partial charge on any atom is -0.353 e. The van der Waals surface area contributed by atoms with E-state index < -0.39 is 0 Å². The molecular formula is C19H27N3. The van der Waals surface area contributed by atoms with Gasteiger partial charge in [-0.3, -0.25) is 4.90 Å². The van der Waals surface area contributed by atoms with E-state index in [4.69, 9.17) is 0 Å². The average molecular weight is 297 g/mol. The first-order chi connectivity index (χ1) is 10.7. The van der Waals surface area contributed by atoms with E-state index >= 15 is 0 Å². The van der Waals surface area contributed by atoms with E-state index in [0.717, 1.165) is 13.1 Å². The zero-order valence-corrected chi connectivity index (χ0v) is 13.7. The Morgan fingerprint density at radius 3 is 2.64 bits per heavy atom. The number of nitrogens with one attached hydrogen (secondary N) is 1. The monoisotopic (exact) mass is 297 g/mol. The van der Waals surface area contributed by atoms with Gasteiger partial charge >= 0.3 is 0 Å². The fourth-order valence-electron chi connectivity index (χ4n) is 3.39. The van der Waals surface area contributed by atoms with Crippen molar-refractivity contribution in [3.8, 4) is 0 Å². The fourth-order valence-corrected chi connectivity index (χ4v) is 3.39. The second-order valence-corrected chi connectivity index (χ2v) is 6.52. The lowest BCUT2D eigenvalue weighted by molar-refractivity contribution is 0.128. The maximum Gasteiger partial charge on any atom is 0.0361 e. The van der Waals surface area contributed by atoms with Gasteiger partial charge in [-0.05, 0) is 37.5 Å². The van der Waals surface area contributed by atoms with Gasteiger partial charge in [0.1, 0.15) is 0 Å². The van der Waals surface area contributed by atoms with Gasteiger partial charge in [0.25, 0.3) is 0 Å². The summed E-state index contributed by atoms with van der Waals surface area (Å²) in [6.07, 6.45) is 4.58. The predicted molar refractivity (Wildman–Crippen MR) is 91.6 cm³/mol. The van der Waals surface area contributed by atoms with Gasteiger partial charge in [0.05, 0.1) is 0 Å². The van der Waals surface area contributed by atoms with E-state index in [1.165, 1.54) is 30.6 Å². The van der Waals surface area contributed by atoms with Crippen LogP contribution in [0.4, 0.5) is 0 Å². The number of hydrogen-bond donors (Lipinski definition) is 1. The summed E-state index contributed by atoms with van der Waals surface area (Å²) in [7, 11) is 2.11. The molecule has 3 heteroatoms. The number of aromatic nitrogens is 1. The molecule has 118 valence electrons. The van der Waals surface area contributed by atoms with Crippen LogP contribution in [0.25, 0.3) is 0 Å². The van der Waals surface area contributed by atoms with Crippen LogP contribution < -0.4 is 5.32 Å². The predicted octanol–water partition coefficient (Wildman–Crippen LogP) is 3.17. The second-order valence-electron chi connectivity index (χ2n) is 6.52. The Hall–Kier alpha value is -1.58. The first kappa shape index (κ1) is 15.3. The molecule has 3 nitrogen and oxygen atoms in total. The molecule has 0 bridgehead atoms. The maximum atomic E-state index is 3.73. The first-order valence-electron chi connectivity index (χ1n) is 8.34. The number of nitrogens with zero attached hydrogens (tertiary/aromatic N) is 2. The lowest BCUT2D eigenvalue weighted by Gasteiger charge is -2.38. The summed E-state index contributed by atoms with van der Waals surface area (Å²) < 4.78 is 2.20. The van der Waals surface area contributed by atoms with Gasteiger partial charge in [-0.25, -0.2) is 0 Å². The molecule has 1 aromatic heterocycles. The molecule has 0 saturated carbocycles. The zero-order chi connectivity index (χ0) is 15.4. The van der Waals surface area contributed by atoms with E-state index in [-0.39, 0.29) is 0 Å². The van der Waals surface area contributed by atoms with Crippen molar-refractivity contribution in [3.63, 3.8) is 0 Å². The molecule has 2 aromatic rings. The lowest BCUT2D eigenvalue weighted by Crippen LogP contribution is -2.46. The third-order valence-corrected chi connectivity index (χ3v) is 4.87. The van der Waals surface area contributed by atoms with Gasteiger partial charge < -0.3 is 9.88 Å². The van der Waals surface area contributed by atoms with Crippen molar-refractivity contribution in [2.45, 2.75) is 44.9 Å². The van der Waals surface area contributed by atoms with Crippen LogP contribution >= 0.6 is 0 Å². The summed E-state index contributed by atoms with van der Waals surface area (Å²) in [4.78, 5) is 2.61. The molecule has 3 rings (SSSR count). The Morgan fingerprint density at radius 2 is 1.95 bits per heavy atom. The summed E-state index contributed by atoms with van der Waals surface area (Å²) >= 11 is 0. The lowest BCUT2D eigenvalue weighted by atomic mass is 9.97.